The zero-order valence-corrected chi connectivity index (χ0v) is 16.8. The summed E-state index contributed by atoms with van der Waals surface area (Å²) < 4.78 is 5.68. The fourth-order valence-corrected chi connectivity index (χ4v) is 2.43. The highest BCUT2D eigenvalue weighted by atomic mass is 32.1. The van der Waals surface area contributed by atoms with Crippen LogP contribution in [0.4, 0.5) is 5.69 Å². The van der Waals surface area contributed by atoms with E-state index < -0.39 is 0 Å². The summed E-state index contributed by atoms with van der Waals surface area (Å²) in [5.41, 5.74) is 2.93. The first-order valence-corrected chi connectivity index (χ1v) is 9.43. The fourth-order valence-electron chi connectivity index (χ4n) is 2.21. The van der Waals surface area contributed by atoms with E-state index in [2.05, 4.69) is 24.5 Å². The van der Waals surface area contributed by atoms with Gasteiger partial charge >= 0.3 is 0 Å². The molecule has 1 amide bonds. The maximum atomic E-state index is 12.0. The summed E-state index contributed by atoms with van der Waals surface area (Å²) in [6, 6.07) is 15.4. The second-order valence-corrected chi connectivity index (χ2v) is 7.15. The average Bonchev–Trinajstić information content (AvgIpc) is 2.62. The van der Waals surface area contributed by atoms with Crippen LogP contribution in [0.2, 0.25) is 0 Å². The van der Waals surface area contributed by atoms with Gasteiger partial charge in [-0.3, -0.25) is 10.1 Å². The monoisotopic (exact) mass is 382 g/mol. The molecule has 0 saturated carbocycles. The van der Waals surface area contributed by atoms with Crippen molar-refractivity contribution in [3.63, 3.8) is 0 Å². The summed E-state index contributed by atoms with van der Waals surface area (Å²) in [5.74, 6) is 1.16. The standard InChI is InChI=1S/C22H26N2O2S/c1-16(2)14-15-26-20-11-9-19(10-12-20)23-22(27)24-21(25)13-8-18-6-4-17(3)5-7-18/h4-13,16H,14-15H2,1-3H3,(H2,23,24,25,27). The molecule has 0 bridgehead atoms. The molecule has 2 N–H and O–H groups in total. The van der Waals surface area contributed by atoms with Gasteiger partial charge < -0.3 is 10.1 Å². The van der Waals surface area contributed by atoms with Crippen LogP contribution in [0.25, 0.3) is 6.08 Å². The molecule has 0 fully saturated rings. The van der Waals surface area contributed by atoms with Crippen LogP contribution in [-0.4, -0.2) is 17.6 Å². The molecule has 0 saturated heterocycles. The first-order chi connectivity index (χ1) is 12.9. The van der Waals surface area contributed by atoms with Gasteiger partial charge in [0.1, 0.15) is 5.75 Å². The van der Waals surface area contributed by atoms with E-state index in [4.69, 9.17) is 17.0 Å². The van der Waals surface area contributed by atoms with E-state index in [-0.39, 0.29) is 11.0 Å². The molecule has 0 heterocycles. The van der Waals surface area contributed by atoms with Crippen molar-refractivity contribution < 1.29 is 9.53 Å². The van der Waals surface area contributed by atoms with Gasteiger partial charge in [-0.25, -0.2) is 0 Å². The molecule has 0 aliphatic rings. The molecular weight excluding hydrogens is 356 g/mol. The number of hydrogen-bond acceptors (Lipinski definition) is 3. The van der Waals surface area contributed by atoms with E-state index in [0.29, 0.717) is 12.5 Å². The van der Waals surface area contributed by atoms with Gasteiger partial charge in [-0.15, -0.1) is 0 Å². The van der Waals surface area contributed by atoms with Crippen LogP contribution in [0.1, 0.15) is 31.4 Å². The van der Waals surface area contributed by atoms with Crippen LogP contribution in [0.3, 0.4) is 0 Å². The van der Waals surface area contributed by atoms with E-state index in [1.165, 1.54) is 11.6 Å². The minimum absolute atomic E-state index is 0.252. The lowest BCUT2D eigenvalue weighted by molar-refractivity contribution is -0.115. The summed E-state index contributed by atoms with van der Waals surface area (Å²) in [5, 5.41) is 5.88. The lowest BCUT2D eigenvalue weighted by atomic mass is 10.1. The Morgan fingerprint density at radius 1 is 1.11 bits per heavy atom. The second-order valence-electron chi connectivity index (χ2n) is 6.74. The normalized spacial score (nSPS) is 10.8. The first kappa shape index (κ1) is 20.6. The smallest absolute Gasteiger partial charge is 0.250 e. The third kappa shape index (κ3) is 8.05. The van der Waals surface area contributed by atoms with Crippen molar-refractivity contribution in [2.24, 2.45) is 5.92 Å². The Kier molecular flexibility index (Phi) is 8.01. The van der Waals surface area contributed by atoms with E-state index in [1.54, 1.807) is 6.08 Å². The Hall–Kier alpha value is -2.66. The second kappa shape index (κ2) is 10.5. The molecule has 0 radical (unpaired) electrons. The number of rotatable bonds is 7. The van der Waals surface area contributed by atoms with Gasteiger partial charge in [0.25, 0.3) is 0 Å². The molecular formula is C22H26N2O2S. The minimum atomic E-state index is -0.276. The van der Waals surface area contributed by atoms with E-state index >= 15 is 0 Å². The molecule has 0 unspecified atom stereocenters. The van der Waals surface area contributed by atoms with Crippen molar-refractivity contribution in [1.82, 2.24) is 5.32 Å². The SMILES string of the molecule is Cc1ccc(C=CC(=O)NC(=S)Nc2ccc(OCCC(C)C)cc2)cc1. The topological polar surface area (TPSA) is 50.4 Å². The summed E-state index contributed by atoms with van der Waals surface area (Å²) in [6.45, 7) is 7.06. The van der Waals surface area contributed by atoms with E-state index in [0.717, 1.165) is 23.4 Å². The van der Waals surface area contributed by atoms with Crippen LogP contribution in [0, 0.1) is 12.8 Å². The van der Waals surface area contributed by atoms with Crippen LogP contribution in [0.15, 0.2) is 54.6 Å². The van der Waals surface area contributed by atoms with Gasteiger partial charge in [-0.2, -0.15) is 0 Å². The summed E-state index contributed by atoms with van der Waals surface area (Å²) in [7, 11) is 0. The number of hydrogen-bond donors (Lipinski definition) is 2. The molecule has 5 heteroatoms. The lowest BCUT2D eigenvalue weighted by Crippen LogP contribution is -2.32. The van der Waals surface area contributed by atoms with Crippen molar-refractivity contribution in [3.05, 3.63) is 65.7 Å². The summed E-state index contributed by atoms with van der Waals surface area (Å²) >= 11 is 5.18. The number of anilines is 1. The molecule has 0 atom stereocenters. The maximum absolute atomic E-state index is 12.0. The molecule has 0 aromatic heterocycles. The Bertz CT molecular complexity index is 781. The largest absolute Gasteiger partial charge is 0.494 e. The lowest BCUT2D eigenvalue weighted by Gasteiger charge is -2.10. The minimum Gasteiger partial charge on any atom is -0.494 e. The number of carbonyl (C=O) groups excluding carboxylic acids is 1. The molecule has 0 spiro atoms. The van der Waals surface area contributed by atoms with Crippen LogP contribution >= 0.6 is 12.2 Å². The van der Waals surface area contributed by atoms with Gasteiger partial charge in [-0.1, -0.05) is 43.7 Å². The van der Waals surface area contributed by atoms with Crippen molar-refractivity contribution in [3.8, 4) is 5.75 Å². The maximum Gasteiger partial charge on any atom is 0.250 e. The van der Waals surface area contributed by atoms with Crippen LogP contribution in [-0.2, 0) is 4.79 Å². The molecule has 2 aromatic rings. The highest BCUT2D eigenvalue weighted by Crippen LogP contribution is 2.16. The average molecular weight is 383 g/mol. The highest BCUT2D eigenvalue weighted by Gasteiger charge is 2.03. The van der Waals surface area contributed by atoms with E-state index in [1.807, 2.05) is 55.5 Å². The summed E-state index contributed by atoms with van der Waals surface area (Å²) in [6.07, 6.45) is 4.23. The molecule has 4 nitrogen and oxygen atoms in total. The Labute approximate surface area is 166 Å². The van der Waals surface area contributed by atoms with Gasteiger partial charge in [0.2, 0.25) is 5.91 Å². The zero-order valence-electron chi connectivity index (χ0n) is 16.0. The Morgan fingerprint density at radius 3 is 2.41 bits per heavy atom. The van der Waals surface area contributed by atoms with Gasteiger partial charge in [0.15, 0.2) is 5.11 Å². The summed E-state index contributed by atoms with van der Waals surface area (Å²) in [4.78, 5) is 12.0. The number of nitrogens with one attached hydrogen (secondary N) is 2. The van der Waals surface area contributed by atoms with Gasteiger partial charge in [0, 0.05) is 11.8 Å². The van der Waals surface area contributed by atoms with Crippen molar-refractivity contribution in [2.45, 2.75) is 27.2 Å². The number of carbonyl (C=O) groups is 1. The molecule has 142 valence electrons. The molecule has 0 aliphatic heterocycles. The third-order valence-corrected chi connectivity index (χ3v) is 4.02. The van der Waals surface area contributed by atoms with Crippen molar-refractivity contribution >= 4 is 35.0 Å². The number of aryl methyl sites for hydroxylation is 1. The van der Waals surface area contributed by atoms with Crippen molar-refractivity contribution in [1.29, 1.82) is 0 Å². The van der Waals surface area contributed by atoms with Gasteiger partial charge in [-0.05, 0) is 67.4 Å². The Balaban J connectivity index is 1.79. The molecule has 27 heavy (non-hydrogen) atoms. The number of amides is 1. The van der Waals surface area contributed by atoms with Crippen molar-refractivity contribution in [2.75, 3.05) is 11.9 Å². The Morgan fingerprint density at radius 2 is 1.78 bits per heavy atom. The predicted molar refractivity (Wildman–Crippen MR) is 116 cm³/mol. The molecule has 2 aromatic carbocycles. The molecule has 2 rings (SSSR count). The fraction of sp³-hybridized carbons (Fsp3) is 0.273. The van der Waals surface area contributed by atoms with E-state index in [9.17, 15) is 4.79 Å². The van der Waals surface area contributed by atoms with Crippen LogP contribution in [0.5, 0.6) is 5.75 Å². The van der Waals surface area contributed by atoms with Crippen LogP contribution < -0.4 is 15.4 Å². The predicted octanol–water partition coefficient (Wildman–Crippen LogP) is 4.95. The number of benzene rings is 2. The van der Waals surface area contributed by atoms with Gasteiger partial charge in [0.05, 0.1) is 6.61 Å². The third-order valence-electron chi connectivity index (χ3n) is 3.82. The number of thiocarbonyl (C=S) groups is 1. The quantitative estimate of drug-likeness (QED) is 0.526. The number of ether oxygens (including phenoxy) is 1. The zero-order chi connectivity index (χ0) is 19.6. The first-order valence-electron chi connectivity index (χ1n) is 9.02. The molecule has 0 aliphatic carbocycles. The highest BCUT2D eigenvalue weighted by molar-refractivity contribution is 7.80.